The van der Waals surface area contributed by atoms with E-state index < -0.39 is 0 Å². The summed E-state index contributed by atoms with van der Waals surface area (Å²) in [5, 5.41) is 8.87. The molecular weight excluding hydrogens is 250 g/mol. The molecule has 0 saturated heterocycles. The van der Waals surface area contributed by atoms with Crippen molar-refractivity contribution in [2.75, 3.05) is 7.11 Å². The van der Waals surface area contributed by atoms with Crippen LogP contribution >= 0.6 is 0 Å². The summed E-state index contributed by atoms with van der Waals surface area (Å²) in [5.41, 5.74) is 4.18. The van der Waals surface area contributed by atoms with Crippen molar-refractivity contribution in [2.24, 2.45) is 0 Å². The van der Waals surface area contributed by atoms with Gasteiger partial charge in [-0.3, -0.25) is 0 Å². The van der Waals surface area contributed by atoms with E-state index in [2.05, 4.69) is 38.1 Å². The topological polar surface area (TPSA) is 42.2 Å². The second-order valence-electron chi connectivity index (χ2n) is 4.68. The summed E-state index contributed by atoms with van der Waals surface area (Å²) < 4.78 is 11.0. The van der Waals surface area contributed by atoms with Crippen LogP contribution in [0.3, 0.4) is 0 Å². The van der Waals surface area contributed by atoms with Crippen LogP contribution < -0.4 is 9.47 Å². The summed E-state index contributed by atoms with van der Waals surface area (Å²) in [6.07, 6.45) is 0. The molecule has 0 bridgehead atoms. The van der Waals surface area contributed by atoms with Crippen LogP contribution in [0.25, 0.3) is 0 Å². The van der Waals surface area contributed by atoms with Gasteiger partial charge in [-0.05, 0) is 42.7 Å². The number of hydrogen-bond donors (Lipinski definition) is 0. The smallest absolute Gasteiger partial charge is 0.162 e. The van der Waals surface area contributed by atoms with Gasteiger partial charge in [0.15, 0.2) is 11.5 Å². The van der Waals surface area contributed by atoms with Crippen molar-refractivity contribution in [2.45, 2.75) is 20.5 Å². The van der Waals surface area contributed by atoms with Crippen LogP contribution in [-0.4, -0.2) is 7.11 Å². The van der Waals surface area contributed by atoms with Gasteiger partial charge in [-0.15, -0.1) is 0 Å². The average molecular weight is 267 g/mol. The first-order chi connectivity index (χ1) is 9.63. The number of nitrogens with zero attached hydrogens (tertiary/aromatic N) is 1. The van der Waals surface area contributed by atoms with Gasteiger partial charge in [-0.2, -0.15) is 5.26 Å². The zero-order valence-electron chi connectivity index (χ0n) is 11.9. The molecule has 0 amide bonds. The molecule has 0 unspecified atom stereocenters. The zero-order valence-corrected chi connectivity index (χ0v) is 11.9. The second kappa shape index (κ2) is 6.12. The Bertz CT molecular complexity index is 657. The summed E-state index contributed by atoms with van der Waals surface area (Å²) >= 11 is 0. The van der Waals surface area contributed by atoms with Gasteiger partial charge in [0, 0.05) is 6.07 Å². The predicted octanol–water partition coefficient (Wildman–Crippen LogP) is 3.76. The first-order valence-electron chi connectivity index (χ1n) is 6.41. The molecule has 20 heavy (non-hydrogen) atoms. The van der Waals surface area contributed by atoms with E-state index in [0.717, 1.165) is 5.56 Å². The Labute approximate surface area is 119 Å². The van der Waals surface area contributed by atoms with Crippen LogP contribution in [0.15, 0.2) is 36.4 Å². The normalized spacial score (nSPS) is 9.90. The quantitative estimate of drug-likeness (QED) is 0.847. The first kappa shape index (κ1) is 14.0. The molecule has 0 N–H and O–H groups in total. The molecule has 0 fully saturated rings. The van der Waals surface area contributed by atoms with Gasteiger partial charge in [-0.25, -0.2) is 0 Å². The third kappa shape index (κ3) is 3.10. The van der Waals surface area contributed by atoms with Gasteiger partial charge in [0.2, 0.25) is 0 Å². The number of nitriles is 1. The summed E-state index contributed by atoms with van der Waals surface area (Å²) in [5.74, 6) is 1.22. The number of aryl methyl sites for hydroxylation is 2. The molecule has 0 heterocycles. The largest absolute Gasteiger partial charge is 0.493 e. The SMILES string of the molecule is COc1cc(C#N)ccc1OCc1ccc(C)c(C)c1. The zero-order chi connectivity index (χ0) is 14.5. The molecular formula is C17H17NO2. The van der Waals surface area contributed by atoms with E-state index in [1.54, 1.807) is 25.3 Å². The fourth-order valence-corrected chi connectivity index (χ4v) is 1.91. The molecule has 0 aliphatic heterocycles. The van der Waals surface area contributed by atoms with Crippen LogP contribution in [0.4, 0.5) is 0 Å². The minimum Gasteiger partial charge on any atom is -0.493 e. The second-order valence-corrected chi connectivity index (χ2v) is 4.68. The molecule has 0 saturated carbocycles. The lowest BCUT2D eigenvalue weighted by atomic mass is 10.1. The van der Waals surface area contributed by atoms with Crippen LogP contribution in [0.5, 0.6) is 11.5 Å². The van der Waals surface area contributed by atoms with E-state index in [1.807, 2.05) is 0 Å². The molecule has 0 atom stereocenters. The third-order valence-corrected chi connectivity index (χ3v) is 3.26. The molecule has 2 aromatic rings. The fourth-order valence-electron chi connectivity index (χ4n) is 1.91. The standard InChI is InChI=1S/C17H17NO2/c1-12-4-5-15(8-13(12)2)11-20-16-7-6-14(10-18)9-17(16)19-3/h4-9H,11H2,1-3H3. The number of hydrogen-bond acceptors (Lipinski definition) is 3. The number of methoxy groups -OCH3 is 1. The maximum absolute atomic E-state index is 8.87. The van der Waals surface area contributed by atoms with Gasteiger partial charge < -0.3 is 9.47 Å². The van der Waals surface area contributed by atoms with Crippen LogP contribution in [-0.2, 0) is 6.61 Å². The molecule has 0 aromatic heterocycles. The molecule has 2 rings (SSSR count). The highest BCUT2D eigenvalue weighted by Crippen LogP contribution is 2.28. The molecule has 3 heteroatoms. The van der Waals surface area contributed by atoms with E-state index in [9.17, 15) is 0 Å². The average Bonchev–Trinajstić information content (AvgIpc) is 2.48. The van der Waals surface area contributed by atoms with Gasteiger partial charge in [-0.1, -0.05) is 18.2 Å². The monoisotopic (exact) mass is 267 g/mol. The van der Waals surface area contributed by atoms with E-state index in [0.29, 0.717) is 23.7 Å². The summed E-state index contributed by atoms with van der Waals surface area (Å²) in [6, 6.07) is 13.5. The van der Waals surface area contributed by atoms with Crippen molar-refractivity contribution in [1.82, 2.24) is 0 Å². The molecule has 0 aliphatic carbocycles. The van der Waals surface area contributed by atoms with Crippen LogP contribution in [0.2, 0.25) is 0 Å². The van der Waals surface area contributed by atoms with Crippen LogP contribution in [0.1, 0.15) is 22.3 Å². The fraction of sp³-hybridized carbons (Fsp3) is 0.235. The molecule has 0 aliphatic rings. The third-order valence-electron chi connectivity index (χ3n) is 3.26. The highest BCUT2D eigenvalue weighted by molar-refractivity contribution is 5.46. The minimum atomic E-state index is 0.476. The Hall–Kier alpha value is -2.47. The molecule has 102 valence electrons. The van der Waals surface area contributed by atoms with Crippen molar-refractivity contribution in [1.29, 1.82) is 5.26 Å². The Kier molecular flexibility index (Phi) is 4.27. The molecule has 0 radical (unpaired) electrons. The van der Waals surface area contributed by atoms with Crippen molar-refractivity contribution in [3.8, 4) is 17.6 Å². The van der Waals surface area contributed by atoms with Crippen molar-refractivity contribution >= 4 is 0 Å². The minimum absolute atomic E-state index is 0.476. The highest BCUT2D eigenvalue weighted by atomic mass is 16.5. The van der Waals surface area contributed by atoms with Gasteiger partial charge >= 0.3 is 0 Å². The lowest BCUT2D eigenvalue weighted by Gasteiger charge is -2.11. The summed E-state index contributed by atoms with van der Waals surface area (Å²) in [7, 11) is 1.57. The molecule has 0 spiro atoms. The maximum atomic E-state index is 8.87. The number of ether oxygens (including phenoxy) is 2. The van der Waals surface area contributed by atoms with Gasteiger partial charge in [0.1, 0.15) is 6.61 Å². The first-order valence-corrected chi connectivity index (χ1v) is 6.41. The lowest BCUT2D eigenvalue weighted by molar-refractivity contribution is 0.284. The van der Waals surface area contributed by atoms with Crippen molar-refractivity contribution < 1.29 is 9.47 Å². The van der Waals surface area contributed by atoms with E-state index in [4.69, 9.17) is 14.7 Å². The maximum Gasteiger partial charge on any atom is 0.162 e. The highest BCUT2D eigenvalue weighted by Gasteiger charge is 2.06. The predicted molar refractivity (Wildman–Crippen MR) is 78.0 cm³/mol. The number of rotatable bonds is 4. The molecule has 2 aromatic carbocycles. The Morgan fingerprint density at radius 2 is 1.80 bits per heavy atom. The van der Waals surface area contributed by atoms with Crippen molar-refractivity contribution in [3.63, 3.8) is 0 Å². The van der Waals surface area contributed by atoms with E-state index in [-0.39, 0.29) is 0 Å². The van der Waals surface area contributed by atoms with Crippen LogP contribution in [0, 0.1) is 25.2 Å². The van der Waals surface area contributed by atoms with Crippen molar-refractivity contribution in [3.05, 3.63) is 58.7 Å². The van der Waals surface area contributed by atoms with E-state index >= 15 is 0 Å². The Morgan fingerprint density at radius 3 is 2.45 bits per heavy atom. The summed E-state index contributed by atoms with van der Waals surface area (Å²) in [6.45, 7) is 4.65. The molecule has 3 nitrogen and oxygen atoms in total. The van der Waals surface area contributed by atoms with Gasteiger partial charge in [0.05, 0.1) is 18.7 Å². The van der Waals surface area contributed by atoms with Gasteiger partial charge in [0.25, 0.3) is 0 Å². The number of benzene rings is 2. The van der Waals surface area contributed by atoms with E-state index in [1.165, 1.54) is 11.1 Å². The lowest BCUT2D eigenvalue weighted by Crippen LogP contribution is -1.99. The summed E-state index contributed by atoms with van der Waals surface area (Å²) in [4.78, 5) is 0. The Morgan fingerprint density at radius 1 is 1.00 bits per heavy atom. The Balaban J connectivity index is 2.14.